The first-order valence-electron chi connectivity index (χ1n) is 9.45. The third-order valence-corrected chi connectivity index (χ3v) is 5.47. The molecule has 0 spiro atoms. The maximum absolute atomic E-state index is 4.93. The molecule has 0 atom stereocenters. The number of hydrogen-bond acceptors (Lipinski definition) is 0. The van der Waals surface area contributed by atoms with E-state index in [4.69, 9.17) is 17.0 Å². The van der Waals surface area contributed by atoms with Gasteiger partial charge in [0.25, 0.3) is 0 Å². The van der Waals surface area contributed by atoms with Gasteiger partial charge in [-0.3, -0.25) is 0 Å². The van der Waals surface area contributed by atoms with Crippen molar-refractivity contribution >= 4 is 44.6 Å². The fourth-order valence-electron chi connectivity index (χ4n) is 4.18. The molecular weight excluding hydrogens is 462 g/mol. The fourth-order valence-corrected chi connectivity index (χ4v) is 4.18. The van der Waals surface area contributed by atoms with E-state index in [1.807, 2.05) is 0 Å². The molecule has 0 aliphatic heterocycles. The van der Waals surface area contributed by atoms with E-state index in [2.05, 4.69) is 85.8 Å². The molecule has 5 rings (SSSR count). The van der Waals surface area contributed by atoms with Crippen LogP contribution in [0.3, 0.4) is 0 Å². The first kappa shape index (κ1) is 19.9. The summed E-state index contributed by atoms with van der Waals surface area (Å²) in [4.78, 5) is 0. The molecule has 0 fully saturated rings. The minimum absolute atomic E-state index is 0.826. The average Bonchev–Trinajstić information content (AvgIpc) is 3.17. The van der Waals surface area contributed by atoms with Gasteiger partial charge in [-0.05, 0) is 62.7 Å². The van der Waals surface area contributed by atoms with Crippen molar-refractivity contribution in [2.75, 3.05) is 0 Å². The third kappa shape index (κ3) is 3.73. The number of allylic oxidation sites excluding steroid dienone is 1. The van der Waals surface area contributed by atoms with Gasteiger partial charge in [-0.15, -0.1) is 0 Å². The molecule has 1 aliphatic rings. The molecule has 4 aromatic rings. The van der Waals surface area contributed by atoms with E-state index < -0.39 is 20.8 Å². The molecule has 4 aromatic carbocycles. The summed E-state index contributed by atoms with van der Waals surface area (Å²) in [6.45, 7) is 2.25. The zero-order valence-corrected chi connectivity index (χ0v) is 19.6. The Morgan fingerprint density at radius 3 is 2.21 bits per heavy atom. The van der Waals surface area contributed by atoms with Crippen LogP contribution in [0, 0.1) is 0 Å². The zero-order valence-electron chi connectivity index (χ0n) is 15.7. The monoisotopic (exact) mass is 480 g/mol. The number of hydrogen-bond donors (Lipinski definition) is 0. The summed E-state index contributed by atoms with van der Waals surface area (Å²) < 4.78 is 0. The van der Waals surface area contributed by atoms with Crippen LogP contribution >= 0.6 is 17.0 Å². The van der Waals surface area contributed by atoms with Gasteiger partial charge in [0.1, 0.15) is 0 Å². The molecule has 0 heterocycles. The standard InChI is InChI=1S/C25H20.2ClH.Zr/c1-2-17-14-18-9-7-13-23(24(18)15-17)25-16-19-8-3-4-10-20(19)21-11-5-6-12-22(21)25;;;/h3-13,15-16H,2,14H2,1H3;2*1H;/q;;;+2/p-2. The van der Waals surface area contributed by atoms with E-state index in [9.17, 15) is 0 Å². The Balaban J connectivity index is 0.000000604. The van der Waals surface area contributed by atoms with Crippen molar-refractivity contribution in [3.8, 4) is 11.1 Å². The summed E-state index contributed by atoms with van der Waals surface area (Å²) in [5.74, 6) is 0. The molecule has 28 heavy (non-hydrogen) atoms. The van der Waals surface area contributed by atoms with Crippen LogP contribution in [-0.4, -0.2) is 0 Å². The second kappa shape index (κ2) is 8.95. The van der Waals surface area contributed by atoms with Gasteiger partial charge >= 0.3 is 37.9 Å². The van der Waals surface area contributed by atoms with Crippen LogP contribution in [0.1, 0.15) is 24.5 Å². The summed E-state index contributed by atoms with van der Waals surface area (Å²) in [5, 5.41) is 5.32. The topological polar surface area (TPSA) is 0 Å². The molecule has 0 N–H and O–H groups in total. The van der Waals surface area contributed by atoms with Crippen molar-refractivity contribution in [1.29, 1.82) is 0 Å². The molecule has 1 aliphatic carbocycles. The predicted octanol–water partition coefficient (Wildman–Crippen LogP) is 8.39. The normalized spacial score (nSPS) is 12.3. The van der Waals surface area contributed by atoms with Crippen LogP contribution in [0.2, 0.25) is 0 Å². The Labute approximate surface area is 184 Å². The van der Waals surface area contributed by atoms with Gasteiger partial charge < -0.3 is 0 Å². The SMILES string of the molecule is CCC1=Cc2c(cccc2-c2cc3ccccc3c3ccccc23)C1.[Cl][Zr][Cl]. The molecule has 0 saturated heterocycles. The molecule has 0 amide bonds. The van der Waals surface area contributed by atoms with Crippen molar-refractivity contribution in [2.45, 2.75) is 19.8 Å². The van der Waals surface area contributed by atoms with Crippen LogP contribution in [0.4, 0.5) is 0 Å². The summed E-state index contributed by atoms with van der Waals surface area (Å²) in [5.41, 5.74) is 7.13. The molecule has 138 valence electrons. The Hall–Kier alpha value is -1.40. The molecule has 0 bridgehead atoms. The Kier molecular flexibility index (Phi) is 6.36. The van der Waals surface area contributed by atoms with Crippen molar-refractivity contribution in [2.24, 2.45) is 0 Å². The zero-order chi connectivity index (χ0) is 19.5. The van der Waals surface area contributed by atoms with Crippen LogP contribution in [0.25, 0.3) is 38.7 Å². The molecular formula is C25H20Cl2Zr. The molecule has 3 heteroatoms. The van der Waals surface area contributed by atoms with Crippen molar-refractivity contribution in [3.05, 3.63) is 89.5 Å². The molecule has 0 radical (unpaired) electrons. The second-order valence-electron chi connectivity index (χ2n) is 6.97. The predicted molar refractivity (Wildman–Crippen MR) is 121 cm³/mol. The number of halogens is 2. The molecule has 0 unspecified atom stereocenters. The van der Waals surface area contributed by atoms with Gasteiger partial charge in [0.05, 0.1) is 0 Å². The summed E-state index contributed by atoms with van der Waals surface area (Å²) in [6.07, 6.45) is 4.65. The molecule has 0 nitrogen and oxygen atoms in total. The fraction of sp³-hybridized carbons (Fsp3) is 0.120. The van der Waals surface area contributed by atoms with E-state index in [0.717, 1.165) is 12.8 Å². The Bertz CT molecular complexity index is 1180. The first-order valence-corrected chi connectivity index (χ1v) is 15.8. The second-order valence-corrected chi connectivity index (χ2v) is 10.7. The van der Waals surface area contributed by atoms with Gasteiger partial charge in [-0.1, -0.05) is 85.3 Å². The van der Waals surface area contributed by atoms with Crippen LogP contribution < -0.4 is 0 Å². The van der Waals surface area contributed by atoms with E-state index in [-0.39, 0.29) is 0 Å². The van der Waals surface area contributed by atoms with E-state index in [0.29, 0.717) is 0 Å². The van der Waals surface area contributed by atoms with E-state index >= 15 is 0 Å². The van der Waals surface area contributed by atoms with E-state index in [1.165, 1.54) is 49.4 Å². The van der Waals surface area contributed by atoms with Gasteiger partial charge in [-0.25, -0.2) is 0 Å². The van der Waals surface area contributed by atoms with Crippen molar-refractivity contribution in [3.63, 3.8) is 0 Å². The maximum atomic E-state index is 4.93. The molecule has 0 aromatic heterocycles. The van der Waals surface area contributed by atoms with Gasteiger partial charge in [0.15, 0.2) is 0 Å². The van der Waals surface area contributed by atoms with Crippen molar-refractivity contribution < 1.29 is 20.8 Å². The van der Waals surface area contributed by atoms with E-state index in [1.54, 1.807) is 0 Å². The summed E-state index contributed by atoms with van der Waals surface area (Å²) in [7, 11) is 9.87. The van der Waals surface area contributed by atoms with Gasteiger partial charge in [-0.2, -0.15) is 0 Å². The average molecular weight is 483 g/mol. The number of rotatable bonds is 2. The summed E-state index contributed by atoms with van der Waals surface area (Å²) in [6, 6.07) is 26.7. The molecule has 0 saturated carbocycles. The quantitative estimate of drug-likeness (QED) is 0.252. The first-order chi connectivity index (χ1) is 13.8. The van der Waals surface area contributed by atoms with Gasteiger partial charge in [0, 0.05) is 0 Å². The summed E-state index contributed by atoms with van der Waals surface area (Å²) >= 11 is -0.826. The minimum atomic E-state index is -0.826. The number of fused-ring (bicyclic) bond motifs is 4. The Morgan fingerprint density at radius 2 is 1.46 bits per heavy atom. The Morgan fingerprint density at radius 1 is 0.786 bits per heavy atom. The van der Waals surface area contributed by atoms with Crippen LogP contribution in [-0.2, 0) is 27.3 Å². The van der Waals surface area contributed by atoms with Crippen LogP contribution in [0.5, 0.6) is 0 Å². The van der Waals surface area contributed by atoms with Gasteiger partial charge in [0.2, 0.25) is 0 Å². The van der Waals surface area contributed by atoms with Crippen LogP contribution in [0.15, 0.2) is 78.4 Å². The third-order valence-electron chi connectivity index (χ3n) is 5.47. The number of benzene rings is 4. The van der Waals surface area contributed by atoms with Crippen molar-refractivity contribution in [1.82, 2.24) is 0 Å².